The predicted octanol–water partition coefficient (Wildman–Crippen LogP) is 3.20. The third kappa shape index (κ3) is 2.67. The summed E-state index contributed by atoms with van der Waals surface area (Å²) in [5.41, 5.74) is 2.97. The van der Waals surface area contributed by atoms with Crippen molar-refractivity contribution in [2.45, 2.75) is 20.8 Å². The zero-order valence-electron chi connectivity index (χ0n) is 11.8. The standard InChI is InChI=1S/C15H19N3O/c1-5-16-14-10(2)11(3)17-15(18-14)12-8-6-7-9-13(12)19-4/h6-9H,5H2,1-4H3,(H,16,17,18). The average molecular weight is 257 g/mol. The molecule has 1 aromatic carbocycles. The van der Waals surface area contributed by atoms with Crippen LogP contribution in [-0.2, 0) is 0 Å². The van der Waals surface area contributed by atoms with Gasteiger partial charge in [0.05, 0.1) is 12.7 Å². The summed E-state index contributed by atoms with van der Waals surface area (Å²) < 4.78 is 5.37. The first-order chi connectivity index (χ1) is 9.17. The molecule has 0 aliphatic rings. The molecule has 4 heteroatoms. The van der Waals surface area contributed by atoms with Crippen LogP contribution in [0.5, 0.6) is 5.75 Å². The van der Waals surface area contributed by atoms with Crippen molar-refractivity contribution in [1.82, 2.24) is 9.97 Å². The number of aryl methyl sites for hydroxylation is 1. The first-order valence-corrected chi connectivity index (χ1v) is 6.39. The van der Waals surface area contributed by atoms with Crippen molar-refractivity contribution in [3.8, 4) is 17.1 Å². The van der Waals surface area contributed by atoms with E-state index >= 15 is 0 Å². The third-order valence-corrected chi connectivity index (χ3v) is 3.08. The molecule has 100 valence electrons. The predicted molar refractivity (Wildman–Crippen MR) is 77.7 cm³/mol. The van der Waals surface area contributed by atoms with E-state index in [4.69, 9.17) is 4.74 Å². The molecule has 0 atom stereocenters. The zero-order chi connectivity index (χ0) is 13.8. The van der Waals surface area contributed by atoms with Crippen LogP contribution >= 0.6 is 0 Å². The molecule has 1 N–H and O–H groups in total. The summed E-state index contributed by atoms with van der Waals surface area (Å²) in [4.78, 5) is 9.16. The minimum atomic E-state index is 0.691. The fourth-order valence-electron chi connectivity index (χ4n) is 1.92. The molecule has 1 aromatic heterocycles. The number of hydrogen-bond donors (Lipinski definition) is 1. The van der Waals surface area contributed by atoms with Gasteiger partial charge in [0.25, 0.3) is 0 Å². The van der Waals surface area contributed by atoms with Crippen molar-refractivity contribution < 1.29 is 4.74 Å². The Hall–Kier alpha value is -2.10. The van der Waals surface area contributed by atoms with E-state index in [9.17, 15) is 0 Å². The van der Waals surface area contributed by atoms with Gasteiger partial charge in [0, 0.05) is 17.8 Å². The van der Waals surface area contributed by atoms with Gasteiger partial charge in [-0.25, -0.2) is 9.97 Å². The van der Waals surface area contributed by atoms with Crippen molar-refractivity contribution in [3.63, 3.8) is 0 Å². The molecule has 0 saturated carbocycles. The van der Waals surface area contributed by atoms with Crippen molar-refractivity contribution in [3.05, 3.63) is 35.5 Å². The van der Waals surface area contributed by atoms with Crippen LogP contribution in [0, 0.1) is 13.8 Å². The Morgan fingerprint density at radius 3 is 2.58 bits per heavy atom. The smallest absolute Gasteiger partial charge is 0.165 e. The van der Waals surface area contributed by atoms with Crippen LogP contribution in [0.15, 0.2) is 24.3 Å². The lowest BCUT2D eigenvalue weighted by Gasteiger charge is -2.12. The maximum absolute atomic E-state index is 5.37. The minimum absolute atomic E-state index is 0.691. The number of hydrogen-bond acceptors (Lipinski definition) is 4. The minimum Gasteiger partial charge on any atom is -0.496 e. The Morgan fingerprint density at radius 2 is 1.89 bits per heavy atom. The first kappa shape index (κ1) is 13.3. The second-order valence-corrected chi connectivity index (χ2v) is 4.34. The van der Waals surface area contributed by atoms with Crippen molar-refractivity contribution in [2.24, 2.45) is 0 Å². The molecule has 0 amide bonds. The molecule has 1 heterocycles. The summed E-state index contributed by atoms with van der Waals surface area (Å²) in [6.07, 6.45) is 0. The average Bonchev–Trinajstić information content (AvgIpc) is 2.43. The summed E-state index contributed by atoms with van der Waals surface area (Å²) in [5, 5.41) is 3.27. The van der Waals surface area contributed by atoms with Gasteiger partial charge >= 0.3 is 0 Å². The highest BCUT2D eigenvalue weighted by molar-refractivity contribution is 5.66. The molecule has 2 aromatic rings. The molecular formula is C15H19N3O. The fraction of sp³-hybridized carbons (Fsp3) is 0.333. The number of aromatic nitrogens is 2. The summed E-state index contributed by atoms with van der Waals surface area (Å²) in [5.74, 6) is 2.36. The van der Waals surface area contributed by atoms with E-state index in [1.54, 1.807) is 7.11 Å². The van der Waals surface area contributed by atoms with E-state index in [1.807, 2.05) is 38.1 Å². The quantitative estimate of drug-likeness (QED) is 0.913. The largest absolute Gasteiger partial charge is 0.496 e. The number of para-hydroxylation sites is 1. The summed E-state index contributed by atoms with van der Waals surface area (Å²) >= 11 is 0. The number of rotatable bonds is 4. The van der Waals surface area contributed by atoms with Gasteiger partial charge in [-0.1, -0.05) is 12.1 Å². The molecule has 0 spiro atoms. The molecule has 0 bridgehead atoms. The SMILES string of the molecule is CCNc1nc(-c2ccccc2OC)nc(C)c1C. The van der Waals surface area contributed by atoms with Crippen LogP contribution in [0.3, 0.4) is 0 Å². The lowest BCUT2D eigenvalue weighted by atomic mass is 10.1. The van der Waals surface area contributed by atoms with Gasteiger partial charge in [-0.15, -0.1) is 0 Å². The van der Waals surface area contributed by atoms with E-state index in [1.165, 1.54) is 0 Å². The van der Waals surface area contributed by atoms with E-state index in [0.29, 0.717) is 5.82 Å². The normalized spacial score (nSPS) is 10.3. The Kier molecular flexibility index (Phi) is 4.00. The lowest BCUT2D eigenvalue weighted by molar-refractivity contribution is 0.416. The van der Waals surface area contributed by atoms with Gasteiger partial charge < -0.3 is 10.1 Å². The second kappa shape index (κ2) is 5.69. The Labute approximate surface area is 113 Å². The van der Waals surface area contributed by atoms with Gasteiger partial charge in [-0.05, 0) is 32.9 Å². The van der Waals surface area contributed by atoms with E-state index in [0.717, 1.165) is 34.9 Å². The van der Waals surface area contributed by atoms with Crippen LogP contribution in [0.2, 0.25) is 0 Å². The van der Waals surface area contributed by atoms with Gasteiger partial charge in [0.15, 0.2) is 5.82 Å². The molecule has 0 aliphatic carbocycles. The zero-order valence-corrected chi connectivity index (χ0v) is 11.8. The lowest BCUT2D eigenvalue weighted by Crippen LogP contribution is -2.06. The highest BCUT2D eigenvalue weighted by Crippen LogP contribution is 2.29. The number of nitrogens with one attached hydrogen (secondary N) is 1. The molecule has 0 saturated heterocycles. The topological polar surface area (TPSA) is 47.0 Å². The van der Waals surface area contributed by atoms with Gasteiger partial charge in [-0.2, -0.15) is 0 Å². The third-order valence-electron chi connectivity index (χ3n) is 3.08. The van der Waals surface area contributed by atoms with Crippen LogP contribution in [0.1, 0.15) is 18.2 Å². The summed E-state index contributed by atoms with van der Waals surface area (Å²) in [7, 11) is 1.66. The molecule has 0 radical (unpaired) electrons. The summed E-state index contributed by atoms with van der Waals surface area (Å²) in [6.45, 7) is 6.92. The number of benzene rings is 1. The maximum atomic E-state index is 5.37. The molecule has 0 fully saturated rings. The van der Waals surface area contributed by atoms with Crippen molar-refractivity contribution >= 4 is 5.82 Å². The monoisotopic (exact) mass is 257 g/mol. The van der Waals surface area contributed by atoms with E-state index < -0.39 is 0 Å². The molecule has 0 unspecified atom stereocenters. The first-order valence-electron chi connectivity index (χ1n) is 6.39. The van der Waals surface area contributed by atoms with E-state index in [-0.39, 0.29) is 0 Å². The van der Waals surface area contributed by atoms with Crippen LogP contribution in [0.25, 0.3) is 11.4 Å². The van der Waals surface area contributed by atoms with Crippen LogP contribution in [0.4, 0.5) is 5.82 Å². The van der Waals surface area contributed by atoms with Crippen LogP contribution in [-0.4, -0.2) is 23.6 Å². The maximum Gasteiger partial charge on any atom is 0.165 e. The molecule has 2 rings (SSSR count). The van der Waals surface area contributed by atoms with Crippen LogP contribution < -0.4 is 10.1 Å². The summed E-state index contributed by atoms with van der Waals surface area (Å²) in [6, 6.07) is 7.79. The fourth-order valence-corrected chi connectivity index (χ4v) is 1.92. The molecule has 0 aliphatic heterocycles. The van der Waals surface area contributed by atoms with Gasteiger partial charge in [-0.3, -0.25) is 0 Å². The van der Waals surface area contributed by atoms with Gasteiger partial charge in [0.2, 0.25) is 0 Å². The molecular weight excluding hydrogens is 238 g/mol. The second-order valence-electron chi connectivity index (χ2n) is 4.34. The molecule has 4 nitrogen and oxygen atoms in total. The number of nitrogens with zero attached hydrogens (tertiary/aromatic N) is 2. The van der Waals surface area contributed by atoms with Crippen molar-refractivity contribution in [1.29, 1.82) is 0 Å². The Bertz CT molecular complexity index is 582. The molecule has 19 heavy (non-hydrogen) atoms. The Morgan fingerprint density at radius 1 is 1.16 bits per heavy atom. The van der Waals surface area contributed by atoms with E-state index in [2.05, 4.69) is 22.2 Å². The Balaban J connectivity index is 2.56. The van der Waals surface area contributed by atoms with Crippen molar-refractivity contribution in [2.75, 3.05) is 19.0 Å². The highest BCUT2D eigenvalue weighted by atomic mass is 16.5. The number of ether oxygens (including phenoxy) is 1. The number of methoxy groups -OCH3 is 1. The van der Waals surface area contributed by atoms with Gasteiger partial charge in [0.1, 0.15) is 11.6 Å². The highest BCUT2D eigenvalue weighted by Gasteiger charge is 2.12. The number of anilines is 1.